The van der Waals surface area contributed by atoms with Crippen molar-refractivity contribution in [1.82, 2.24) is 14.6 Å². The topological polar surface area (TPSA) is 79.4 Å². The second kappa shape index (κ2) is 9.30. The second-order valence-corrected chi connectivity index (χ2v) is 10.6. The van der Waals surface area contributed by atoms with E-state index in [1.165, 1.54) is 15.6 Å². The first-order valence-corrected chi connectivity index (χ1v) is 12.6. The number of aryl methyl sites for hydroxylation is 1. The fourth-order valence-corrected chi connectivity index (χ4v) is 6.16. The van der Waals surface area contributed by atoms with E-state index in [4.69, 9.17) is 0 Å². The molecule has 3 aromatic rings. The minimum atomic E-state index is -3.42. The summed E-state index contributed by atoms with van der Waals surface area (Å²) in [5.41, 5.74) is 2.73. The first kappa shape index (κ1) is 21.7. The number of carbonyl (C=O) groups excluding carboxylic acids is 1. The lowest BCUT2D eigenvalue weighted by Gasteiger charge is -2.15. The lowest BCUT2D eigenvalue weighted by atomic mass is 10.2. The molecule has 8 heteroatoms. The fourth-order valence-electron chi connectivity index (χ4n) is 3.63. The van der Waals surface area contributed by atoms with Crippen molar-refractivity contribution in [1.29, 1.82) is 0 Å². The van der Waals surface area contributed by atoms with Crippen LogP contribution in [0.1, 0.15) is 44.3 Å². The Bertz CT molecular complexity index is 1150. The molecule has 6 nitrogen and oxygen atoms in total. The maximum absolute atomic E-state index is 12.7. The van der Waals surface area contributed by atoms with E-state index in [1.807, 2.05) is 37.3 Å². The summed E-state index contributed by atoms with van der Waals surface area (Å²) in [6, 6.07) is 16.8. The number of sulfonamides is 1. The van der Waals surface area contributed by atoms with Crippen LogP contribution in [0.3, 0.4) is 0 Å². The third-order valence-corrected chi connectivity index (χ3v) is 8.39. The minimum absolute atomic E-state index is 0.164. The zero-order chi connectivity index (χ0) is 21.8. The maximum Gasteiger partial charge on any atom is 0.263 e. The molecular formula is C23H25N3O3S2. The van der Waals surface area contributed by atoms with Crippen molar-refractivity contribution in [3.63, 3.8) is 0 Å². The summed E-state index contributed by atoms with van der Waals surface area (Å²) in [5.74, 6) is -0.164. The van der Waals surface area contributed by atoms with Gasteiger partial charge in [-0.2, -0.15) is 4.31 Å². The summed E-state index contributed by atoms with van der Waals surface area (Å²) >= 11 is 1.41. The molecule has 1 aromatic heterocycles. The van der Waals surface area contributed by atoms with Crippen molar-refractivity contribution in [3.05, 3.63) is 81.3 Å². The molecule has 1 aliphatic rings. The number of hydrogen-bond donors (Lipinski definition) is 1. The first-order valence-electron chi connectivity index (χ1n) is 10.3. The minimum Gasteiger partial charge on any atom is -0.347 e. The van der Waals surface area contributed by atoms with Crippen LogP contribution in [0.2, 0.25) is 0 Å². The zero-order valence-corrected chi connectivity index (χ0v) is 19.0. The average molecular weight is 456 g/mol. The third kappa shape index (κ3) is 5.03. The molecule has 0 radical (unpaired) electrons. The number of carbonyl (C=O) groups is 1. The maximum atomic E-state index is 12.7. The molecule has 0 aliphatic carbocycles. The van der Waals surface area contributed by atoms with Crippen molar-refractivity contribution < 1.29 is 13.2 Å². The van der Waals surface area contributed by atoms with E-state index >= 15 is 0 Å². The molecule has 2 heterocycles. The van der Waals surface area contributed by atoms with Gasteiger partial charge in [-0.05, 0) is 43.0 Å². The van der Waals surface area contributed by atoms with Crippen molar-refractivity contribution in [3.8, 4) is 0 Å². The van der Waals surface area contributed by atoms with Gasteiger partial charge in [-0.3, -0.25) is 4.79 Å². The van der Waals surface area contributed by atoms with Gasteiger partial charge in [0.2, 0.25) is 10.0 Å². The molecule has 1 aliphatic heterocycles. The summed E-state index contributed by atoms with van der Waals surface area (Å²) in [5, 5.41) is 3.83. The Morgan fingerprint density at radius 2 is 1.71 bits per heavy atom. The van der Waals surface area contributed by atoms with Crippen LogP contribution in [0.15, 0.2) is 59.5 Å². The Kier molecular flexibility index (Phi) is 6.50. The number of nitrogens with one attached hydrogen (secondary N) is 1. The molecule has 1 N–H and O–H groups in total. The molecule has 0 spiro atoms. The van der Waals surface area contributed by atoms with E-state index in [9.17, 15) is 13.2 Å². The molecular weight excluding hydrogens is 430 g/mol. The lowest BCUT2D eigenvalue weighted by Crippen LogP contribution is -2.27. The quantitative estimate of drug-likeness (QED) is 0.588. The largest absolute Gasteiger partial charge is 0.347 e. The molecule has 0 atom stereocenters. The summed E-state index contributed by atoms with van der Waals surface area (Å²) in [6.45, 7) is 3.34. The molecule has 31 heavy (non-hydrogen) atoms. The summed E-state index contributed by atoms with van der Waals surface area (Å²) < 4.78 is 26.8. The van der Waals surface area contributed by atoms with E-state index in [-0.39, 0.29) is 5.91 Å². The number of rotatable bonds is 7. The number of thiazole rings is 1. The van der Waals surface area contributed by atoms with Gasteiger partial charge < -0.3 is 5.32 Å². The zero-order valence-electron chi connectivity index (χ0n) is 17.4. The van der Waals surface area contributed by atoms with Gasteiger partial charge in [0.05, 0.1) is 15.6 Å². The molecule has 1 amide bonds. The molecule has 1 saturated heterocycles. The lowest BCUT2D eigenvalue weighted by molar-refractivity contribution is 0.0954. The van der Waals surface area contributed by atoms with Crippen LogP contribution in [-0.4, -0.2) is 36.7 Å². The van der Waals surface area contributed by atoms with E-state index in [2.05, 4.69) is 10.3 Å². The summed E-state index contributed by atoms with van der Waals surface area (Å²) in [7, 11) is -3.42. The van der Waals surface area contributed by atoms with Gasteiger partial charge in [-0.15, -0.1) is 11.3 Å². The molecule has 0 saturated carbocycles. The van der Waals surface area contributed by atoms with Gasteiger partial charge in [0.1, 0.15) is 4.88 Å². The number of hydrogen-bond acceptors (Lipinski definition) is 5. The monoisotopic (exact) mass is 455 g/mol. The fraction of sp³-hybridized carbons (Fsp3) is 0.304. The Morgan fingerprint density at radius 3 is 2.39 bits per heavy atom. The van der Waals surface area contributed by atoms with Crippen LogP contribution in [0.4, 0.5) is 0 Å². The van der Waals surface area contributed by atoms with Crippen LogP contribution in [-0.2, 0) is 23.0 Å². The Hall–Kier alpha value is -2.55. The normalized spacial score (nSPS) is 14.6. The molecule has 162 valence electrons. The average Bonchev–Trinajstić information content (AvgIpc) is 3.44. The third-order valence-electron chi connectivity index (χ3n) is 5.32. The number of benzene rings is 2. The van der Waals surface area contributed by atoms with Crippen LogP contribution >= 0.6 is 11.3 Å². The predicted molar refractivity (Wildman–Crippen MR) is 122 cm³/mol. The standard InChI is InChI=1S/C23H25N3O3S2/c1-17-22(30-21(25-17)15-18-7-3-2-4-8-18)23(27)24-16-19-9-11-20(12-10-19)31(28,29)26-13-5-6-14-26/h2-4,7-12H,5-6,13-16H2,1H3,(H,24,27). The summed E-state index contributed by atoms with van der Waals surface area (Å²) in [4.78, 5) is 18.1. The van der Waals surface area contributed by atoms with Crippen LogP contribution in [0.25, 0.3) is 0 Å². The van der Waals surface area contributed by atoms with E-state index in [0.29, 0.717) is 35.8 Å². The molecule has 4 rings (SSSR count). The van der Waals surface area contributed by atoms with Crippen LogP contribution in [0, 0.1) is 6.92 Å². The smallest absolute Gasteiger partial charge is 0.263 e. The van der Waals surface area contributed by atoms with Crippen molar-refractivity contribution in [2.45, 2.75) is 37.6 Å². The van der Waals surface area contributed by atoms with E-state index in [1.54, 1.807) is 24.3 Å². The van der Waals surface area contributed by atoms with Crippen LogP contribution < -0.4 is 5.32 Å². The van der Waals surface area contributed by atoms with E-state index < -0.39 is 10.0 Å². The van der Waals surface area contributed by atoms with Gasteiger partial charge in [-0.25, -0.2) is 13.4 Å². The predicted octanol–water partition coefficient (Wildman–Crippen LogP) is 3.76. The SMILES string of the molecule is Cc1nc(Cc2ccccc2)sc1C(=O)NCc1ccc(S(=O)(=O)N2CCCC2)cc1. The van der Waals surface area contributed by atoms with Gasteiger partial charge in [0.15, 0.2) is 0 Å². The Balaban J connectivity index is 1.37. The highest BCUT2D eigenvalue weighted by molar-refractivity contribution is 7.89. The van der Waals surface area contributed by atoms with Crippen molar-refractivity contribution in [2.75, 3.05) is 13.1 Å². The van der Waals surface area contributed by atoms with Crippen LogP contribution in [0.5, 0.6) is 0 Å². The molecule has 1 fully saturated rings. The highest BCUT2D eigenvalue weighted by atomic mass is 32.2. The number of aromatic nitrogens is 1. The molecule has 0 bridgehead atoms. The van der Waals surface area contributed by atoms with Gasteiger partial charge >= 0.3 is 0 Å². The highest BCUT2D eigenvalue weighted by Crippen LogP contribution is 2.22. The number of amides is 1. The molecule has 0 unspecified atom stereocenters. The summed E-state index contributed by atoms with van der Waals surface area (Å²) in [6.07, 6.45) is 2.52. The molecule has 2 aromatic carbocycles. The van der Waals surface area contributed by atoms with Gasteiger partial charge in [-0.1, -0.05) is 42.5 Å². The van der Waals surface area contributed by atoms with Gasteiger partial charge in [0, 0.05) is 26.1 Å². The Labute approximate surface area is 187 Å². The first-order chi connectivity index (χ1) is 14.9. The number of nitrogens with zero attached hydrogens (tertiary/aromatic N) is 2. The van der Waals surface area contributed by atoms with Gasteiger partial charge in [0.25, 0.3) is 5.91 Å². The van der Waals surface area contributed by atoms with Crippen molar-refractivity contribution in [2.24, 2.45) is 0 Å². The Morgan fingerprint density at radius 1 is 1.03 bits per heavy atom. The highest BCUT2D eigenvalue weighted by Gasteiger charge is 2.26. The van der Waals surface area contributed by atoms with Crippen molar-refractivity contribution >= 4 is 27.3 Å². The second-order valence-electron chi connectivity index (χ2n) is 7.62. The van der Waals surface area contributed by atoms with E-state index in [0.717, 1.165) is 34.7 Å².